The largest absolute Gasteiger partial charge is 0.324 e. The third kappa shape index (κ3) is 3.12. The third-order valence-electron chi connectivity index (χ3n) is 2.99. The van der Waals surface area contributed by atoms with E-state index in [0.29, 0.717) is 16.5 Å². The summed E-state index contributed by atoms with van der Waals surface area (Å²) in [5, 5.41) is 3.06. The molecule has 1 aromatic carbocycles. The van der Waals surface area contributed by atoms with E-state index in [-0.39, 0.29) is 5.91 Å². The Kier molecular flexibility index (Phi) is 3.71. The van der Waals surface area contributed by atoms with Crippen molar-refractivity contribution in [3.05, 3.63) is 77.7 Å². The Morgan fingerprint density at radius 1 is 1.00 bits per heavy atom. The van der Waals surface area contributed by atoms with E-state index in [1.165, 1.54) is 0 Å². The van der Waals surface area contributed by atoms with Crippen molar-refractivity contribution in [3.63, 3.8) is 0 Å². The molecule has 0 fully saturated rings. The van der Waals surface area contributed by atoms with Crippen molar-refractivity contribution < 1.29 is 4.79 Å². The first-order valence-corrected chi connectivity index (χ1v) is 6.77. The molecule has 2 heterocycles. The van der Waals surface area contributed by atoms with Crippen molar-refractivity contribution in [2.24, 2.45) is 0 Å². The van der Waals surface area contributed by atoms with E-state index < -0.39 is 0 Å². The standard InChI is InChI=1S/C16H12ClN3O/c17-14-4-3-5-15(18-14)19-16(21)12-6-8-13(9-7-12)20-10-1-2-11-20/h1-11H,(H,18,19,21). The SMILES string of the molecule is O=C(Nc1cccc(Cl)n1)c1ccc(-n2cccc2)cc1. The van der Waals surface area contributed by atoms with Gasteiger partial charge in [-0.3, -0.25) is 4.79 Å². The zero-order valence-electron chi connectivity index (χ0n) is 11.0. The topological polar surface area (TPSA) is 46.9 Å². The molecule has 0 saturated carbocycles. The number of hydrogen-bond donors (Lipinski definition) is 1. The van der Waals surface area contributed by atoms with Crippen LogP contribution in [0.3, 0.4) is 0 Å². The number of rotatable bonds is 3. The molecule has 1 N–H and O–H groups in total. The highest BCUT2D eigenvalue weighted by atomic mass is 35.5. The van der Waals surface area contributed by atoms with E-state index in [0.717, 1.165) is 5.69 Å². The number of aromatic nitrogens is 2. The highest BCUT2D eigenvalue weighted by Gasteiger charge is 2.07. The smallest absolute Gasteiger partial charge is 0.256 e. The van der Waals surface area contributed by atoms with Crippen molar-refractivity contribution >= 4 is 23.3 Å². The Labute approximate surface area is 127 Å². The van der Waals surface area contributed by atoms with Gasteiger partial charge in [0, 0.05) is 23.6 Å². The summed E-state index contributed by atoms with van der Waals surface area (Å²) < 4.78 is 1.97. The molecule has 0 aliphatic carbocycles. The van der Waals surface area contributed by atoms with Gasteiger partial charge in [0.2, 0.25) is 0 Å². The molecule has 3 aromatic rings. The molecule has 0 aliphatic rings. The van der Waals surface area contributed by atoms with Gasteiger partial charge in [-0.25, -0.2) is 4.98 Å². The van der Waals surface area contributed by atoms with Gasteiger partial charge in [-0.15, -0.1) is 0 Å². The first-order chi connectivity index (χ1) is 10.2. The van der Waals surface area contributed by atoms with Crippen LogP contribution in [0, 0.1) is 0 Å². The summed E-state index contributed by atoms with van der Waals surface area (Å²) >= 11 is 5.79. The summed E-state index contributed by atoms with van der Waals surface area (Å²) in [4.78, 5) is 16.1. The number of halogens is 1. The Morgan fingerprint density at radius 2 is 1.71 bits per heavy atom. The van der Waals surface area contributed by atoms with Crippen LogP contribution in [-0.4, -0.2) is 15.5 Å². The number of benzene rings is 1. The number of nitrogens with zero attached hydrogens (tertiary/aromatic N) is 2. The maximum absolute atomic E-state index is 12.1. The maximum Gasteiger partial charge on any atom is 0.256 e. The molecule has 0 unspecified atom stereocenters. The van der Waals surface area contributed by atoms with Crippen LogP contribution in [0.4, 0.5) is 5.82 Å². The molecule has 0 saturated heterocycles. The fourth-order valence-corrected chi connectivity index (χ4v) is 2.12. The van der Waals surface area contributed by atoms with E-state index in [9.17, 15) is 4.79 Å². The van der Waals surface area contributed by atoms with Gasteiger partial charge in [0.1, 0.15) is 11.0 Å². The predicted octanol–water partition coefficient (Wildman–Crippen LogP) is 3.78. The summed E-state index contributed by atoms with van der Waals surface area (Å²) in [6, 6.07) is 16.3. The summed E-state index contributed by atoms with van der Waals surface area (Å²) in [5.74, 6) is 0.214. The van der Waals surface area contributed by atoms with Crippen LogP contribution in [-0.2, 0) is 0 Å². The minimum Gasteiger partial charge on any atom is -0.324 e. The van der Waals surface area contributed by atoms with E-state index in [2.05, 4.69) is 10.3 Å². The summed E-state index contributed by atoms with van der Waals surface area (Å²) in [6.07, 6.45) is 3.90. The van der Waals surface area contributed by atoms with Crippen molar-refractivity contribution in [2.75, 3.05) is 5.32 Å². The van der Waals surface area contributed by atoms with Crippen molar-refractivity contribution in [1.82, 2.24) is 9.55 Å². The van der Waals surface area contributed by atoms with Crippen molar-refractivity contribution in [3.8, 4) is 5.69 Å². The van der Waals surface area contributed by atoms with Crippen LogP contribution in [0.1, 0.15) is 10.4 Å². The molecular weight excluding hydrogens is 286 g/mol. The molecule has 3 rings (SSSR count). The second kappa shape index (κ2) is 5.81. The highest BCUT2D eigenvalue weighted by Crippen LogP contribution is 2.13. The Morgan fingerprint density at radius 3 is 2.38 bits per heavy atom. The lowest BCUT2D eigenvalue weighted by atomic mass is 10.2. The normalized spacial score (nSPS) is 10.3. The molecule has 104 valence electrons. The van der Waals surface area contributed by atoms with Gasteiger partial charge in [-0.2, -0.15) is 0 Å². The molecular formula is C16H12ClN3O. The first kappa shape index (κ1) is 13.4. The molecule has 0 atom stereocenters. The number of anilines is 1. The number of pyridine rings is 1. The molecule has 21 heavy (non-hydrogen) atoms. The van der Waals surface area contributed by atoms with Crippen LogP contribution in [0.25, 0.3) is 5.69 Å². The second-order valence-corrected chi connectivity index (χ2v) is 4.82. The Bertz CT molecular complexity index is 751. The zero-order valence-corrected chi connectivity index (χ0v) is 11.8. The lowest BCUT2D eigenvalue weighted by molar-refractivity contribution is 0.102. The Balaban J connectivity index is 1.76. The van der Waals surface area contributed by atoms with Crippen molar-refractivity contribution in [1.29, 1.82) is 0 Å². The number of nitrogens with one attached hydrogen (secondary N) is 1. The highest BCUT2D eigenvalue weighted by molar-refractivity contribution is 6.29. The van der Waals surface area contributed by atoms with Gasteiger partial charge in [0.05, 0.1) is 0 Å². The van der Waals surface area contributed by atoms with E-state index in [4.69, 9.17) is 11.6 Å². The molecule has 2 aromatic heterocycles. The van der Waals surface area contributed by atoms with E-state index in [1.807, 2.05) is 41.2 Å². The summed E-state index contributed by atoms with van der Waals surface area (Å²) in [5.41, 5.74) is 1.56. The monoisotopic (exact) mass is 297 g/mol. The minimum atomic E-state index is -0.219. The molecule has 0 spiro atoms. The van der Waals surface area contributed by atoms with Gasteiger partial charge in [-0.1, -0.05) is 17.7 Å². The predicted molar refractivity (Wildman–Crippen MR) is 83.0 cm³/mol. The van der Waals surface area contributed by atoms with Crippen LogP contribution in [0.2, 0.25) is 5.15 Å². The lowest BCUT2D eigenvalue weighted by Gasteiger charge is -2.06. The van der Waals surface area contributed by atoms with Crippen LogP contribution in [0.15, 0.2) is 67.0 Å². The number of amides is 1. The number of hydrogen-bond acceptors (Lipinski definition) is 2. The van der Waals surface area contributed by atoms with Gasteiger partial charge < -0.3 is 9.88 Å². The summed E-state index contributed by atoms with van der Waals surface area (Å²) in [7, 11) is 0. The third-order valence-corrected chi connectivity index (χ3v) is 3.20. The average molecular weight is 298 g/mol. The summed E-state index contributed by atoms with van der Waals surface area (Å²) in [6.45, 7) is 0. The fourth-order valence-electron chi connectivity index (χ4n) is 1.96. The molecule has 4 nitrogen and oxygen atoms in total. The zero-order chi connectivity index (χ0) is 14.7. The van der Waals surface area contributed by atoms with Crippen LogP contribution in [0.5, 0.6) is 0 Å². The Hall–Kier alpha value is -2.59. The van der Waals surface area contributed by atoms with Crippen molar-refractivity contribution in [2.45, 2.75) is 0 Å². The number of carbonyl (C=O) groups excluding carboxylic acids is 1. The number of carbonyl (C=O) groups is 1. The van der Waals surface area contributed by atoms with E-state index >= 15 is 0 Å². The van der Waals surface area contributed by atoms with Crippen LogP contribution >= 0.6 is 11.6 Å². The van der Waals surface area contributed by atoms with Gasteiger partial charge in [-0.05, 0) is 48.5 Å². The molecule has 1 amide bonds. The first-order valence-electron chi connectivity index (χ1n) is 6.40. The van der Waals surface area contributed by atoms with Gasteiger partial charge >= 0.3 is 0 Å². The molecule has 0 radical (unpaired) electrons. The van der Waals surface area contributed by atoms with Crippen LogP contribution < -0.4 is 5.32 Å². The van der Waals surface area contributed by atoms with Gasteiger partial charge in [0.25, 0.3) is 5.91 Å². The average Bonchev–Trinajstić information content (AvgIpc) is 3.01. The quantitative estimate of drug-likeness (QED) is 0.748. The fraction of sp³-hybridized carbons (Fsp3) is 0. The minimum absolute atomic E-state index is 0.219. The molecule has 0 bridgehead atoms. The second-order valence-electron chi connectivity index (χ2n) is 4.44. The van der Waals surface area contributed by atoms with E-state index in [1.54, 1.807) is 30.3 Å². The van der Waals surface area contributed by atoms with Gasteiger partial charge in [0.15, 0.2) is 0 Å². The maximum atomic E-state index is 12.1. The lowest BCUT2D eigenvalue weighted by Crippen LogP contribution is -2.12. The molecule has 0 aliphatic heterocycles. The molecule has 5 heteroatoms.